The van der Waals surface area contributed by atoms with Crippen LogP contribution in [-0.2, 0) is 9.59 Å². The van der Waals surface area contributed by atoms with Gasteiger partial charge in [-0.05, 0) is 35.9 Å². The Morgan fingerprint density at radius 2 is 1.91 bits per heavy atom. The van der Waals surface area contributed by atoms with E-state index >= 15 is 0 Å². The van der Waals surface area contributed by atoms with Crippen LogP contribution in [0.4, 0.5) is 10.1 Å². The smallest absolute Gasteiger partial charge is 0.329 e. The molecule has 0 heterocycles. The highest BCUT2D eigenvalue weighted by atomic mass is 19.1. The van der Waals surface area contributed by atoms with Crippen molar-refractivity contribution in [2.75, 3.05) is 12.4 Å². The quantitative estimate of drug-likeness (QED) is 0.514. The number of hydrogen-bond donors (Lipinski definition) is 2. The van der Waals surface area contributed by atoms with Crippen LogP contribution >= 0.6 is 0 Å². The number of rotatable bonds is 4. The van der Waals surface area contributed by atoms with Gasteiger partial charge >= 0.3 is 11.8 Å². The SMILES string of the molecule is COc1cccc(/C=N\NC(=O)C(=O)Nc2cccc(F)c2)c1. The summed E-state index contributed by atoms with van der Waals surface area (Å²) >= 11 is 0. The minimum Gasteiger partial charge on any atom is -0.497 e. The topological polar surface area (TPSA) is 79.8 Å². The number of nitrogens with zero attached hydrogens (tertiary/aromatic N) is 1. The zero-order chi connectivity index (χ0) is 16.7. The van der Waals surface area contributed by atoms with Crippen LogP contribution in [0.25, 0.3) is 0 Å². The normalized spacial score (nSPS) is 10.3. The van der Waals surface area contributed by atoms with E-state index in [2.05, 4.69) is 15.8 Å². The zero-order valence-corrected chi connectivity index (χ0v) is 12.2. The number of amides is 2. The van der Waals surface area contributed by atoms with Crippen molar-refractivity contribution >= 4 is 23.7 Å². The second-order valence-electron chi connectivity index (χ2n) is 4.44. The maximum absolute atomic E-state index is 13.0. The molecule has 23 heavy (non-hydrogen) atoms. The van der Waals surface area contributed by atoms with Crippen molar-refractivity contribution in [2.45, 2.75) is 0 Å². The molecule has 0 radical (unpaired) electrons. The van der Waals surface area contributed by atoms with Gasteiger partial charge in [0.2, 0.25) is 0 Å². The monoisotopic (exact) mass is 315 g/mol. The molecule has 0 unspecified atom stereocenters. The lowest BCUT2D eigenvalue weighted by Gasteiger charge is -2.03. The first-order valence-corrected chi connectivity index (χ1v) is 6.62. The van der Waals surface area contributed by atoms with Crippen LogP contribution in [-0.4, -0.2) is 25.1 Å². The molecule has 0 saturated heterocycles. The largest absolute Gasteiger partial charge is 0.497 e. The molecular formula is C16H14FN3O3. The summed E-state index contributed by atoms with van der Waals surface area (Å²) in [7, 11) is 1.54. The van der Waals surface area contributed by atoms with Crippen LogP contribution in [0.15, 0.2) is 53.6 Å². The average molecular weight is 315 g/mol. The number of methoxy groups -OCH3 is 1. The zero-order valence-electron chi connectivity index (χ0n) is 12.2. The first-order valence-electron chi connectivity index (χ1n) is 6.62. The van der Waals surface area contributed by atoms with E-state index < -0.39 is 17.6 Å². The van der Waals surface area contributed by atoms with Gasteiger partial charge in [0.1, 0.15) is 11.6 Å². The van der Waals surface area contributed by atoms with Gasteiger partial charge in [-0.3, -0.25) is 9.59 Å². The van der Waals surface area contributed by atoms with Gasteiger partial charge in [0.15, 0.2) is 0 Å². The maximum Gasteiger partial charge on any atom is 0.329 e. The number of carbonyl (C=O) groups is 2. The lowest BCUT2D eigenvalue weighted by Crippen LogP contribution is -2.32. The Labute approximate surface area is 132 Å². The van der Waals surface area contributed by atoms with Crippen molar-refractivity contribution in [3.63, 3.8) is 0 Å². The molecule has 0 bridgehead atoms. The number of hydrazone groups is 1. The Bertz CT molecular complexity index is 747. The van der Waals surface area contributed by atoms with E-state index in [1.807, 2.05) is 0 Å². The van der Waals surface area contributed by atoms with E-state index in [0.717, 1.165) is 6.07 Å². The molecule has 0 aliphatic heterocycles. The summed E-state index contributed by atoms with van der Waals surface area (Å²) in [5.74, 6) is -1.78. The highest BCUT2D eigenvalue weighted by molar-refractivity contribution is 6.39. The standard InChI is InChI=1S/C16H14FN3O3/c1-23-14-7-2-4-11(8-14)10-18-20-16(22)15(21)19-13-6-3-5-12(17)9-13/h2-10H,1H3,(H,19,21)(H,20,22)/b18-10-. The number of nitrogens with one attached hydrogen (secondary N) is 2. The molecule has 0 aliphatic rings. The number of anilines is 1. The fourth-order valence-corrected chi connectivity index (χ4v) is 1.69. The van der Waals surface area contributed by atoms with Gasteiger partial charge in [-0.1, -0.05) is 18.2 Å². The summed E-state index contributed by atoms with van der Waals surface area (Å²) in [5, 5.41) is 5.95. The van der Waals surface area contributed by atoms with Crippen molar-refractivity contribution in [2.24, 2.45) is 5.10 Å². The molecule has 0 spiro atoms. The Kier molecular flexibility index (Phi) is 5.40. The molecule has 0 fully saturated rings. The van der Waals surface area contributed by atoms with Crippen LogP contribution < -0.4 is 15.5 Å². The summed E-state index contributed by atoms with van der Waals surface area (Å²) in [6.07, 6.45) is 1.37. The highest BCUT2D eigenvalue weighted by Gasteiger charge is 2.12. The van der Waals surface area contributed by atoms with E-state index in [9.17, 15) is 14.0 Å². The Morgan fingerprint density at radius 3 is 2.65 bits per heavy atom. The first kappa shape index (κ1) is 16.2. The van der Waals surface area contributed by atoms with Gasteiger partial charge in [-0.25, -0.2) is 9.82 Å². The Balaban J connectivity index is 1.90. The third-order valence-electron chi connectivity index (χ3n) is 2.76. The van der Waals surface area contributed by atoms with E-state index in [1.165, 1.54) is 31.5 Å². The molecule has 0 saturated carbocycles. The number of benzene rings is 2. The predicted octanol–water partition coefficient (Wildman–Crippen LogP) is 1.92. The summed E-state index contributed by atoms with van der Waals surface area (Å²) < 4.78 is 18.0. The molecule has 0 aliphatic carbocycles. The fourth-order valence-electron chi connectivity index (χ4n) is 1.69. The van der Waals surface area contributed by atoms with E-state index in [0.29, 0.717) is 11.3 Å². The minimum absolute atomic E-state index is 0.182. The molecule has 7 heteroatoms. The fraction of sp³-hybridized carbons (Fsp3) is 0.0625. The second-order valence-corrected chi connectivity index (χ2v) is 4.44. The Hall–Kier alpha value is -3.22. The van der Waals surface area contributed by atoms with Crippen molar-refractivity contribution in [3.8, 4) is 5.75 Å². The maximum atomic E-state index is 13.0. The van der Waals surface area contributed by atoms with Crippen molar-refractivity contribution < 1.29 is 18.7 Å². The average Bonchev–Trinajstić information content (AvgIpc) is 2.55. The summed E-state index contributed by atoms with van der Waals surface area (Å²) in [4.78, 5) is 23.2. The number of halogens is 1. The second kappa shape index (κ2) is 7.69. The summed E-state index contributed by atoms with van der Waals surface area (Å²) in [5.41, 5.74) is 2.96. The lowest BCUT2D eigenvalue weighted by molar-refractivity contribution is -0.136. The first-order chi connectivity index (χ1) is 11.1. The molecule has 0 aromatic heterocycles. The van der Waals surface area contributed by atoms with E-state index in [1.54, 1.807) is 24.3 Å². The van der Waals surface area contributed by atoms with Gasteiger partial charge < -0.3 is 10.1 Å². The predicted molar refractivity (Wildman–Crippen MR) is 83.8 cm³/mol. The number of ether oxygens (including phenoxy) is 1. The van der Waals surface area contributed by atoms with Crippen molar-refractivity contribution in [1.82, 2.24) is 5.43 Å². The minimum atomic E-state index is -0.964. The van der Waals surface area contributed by atoms with Gasteiger partial charge in [0, 0.05) is 5.69 Å². The molecule has 0 atom stereocenters. The lowest BCUT2D eigenvalue weighted by atomic mass is 10.2. The highest BCUT2D eigenvalue weighted by Crippen LogP contribution is 2.10. The molecule has 2 amide bonds. The van der Waals surface area contributed by atoms with Crippen LogP contribution in [0.3, 0.4) is 0 Å². The third kappa shape index (κ3) is 4.92. The summed E-state index contributed by atoms with van der Waals surface area (Å²) in [6, 6.07) is 12.2. The molecule has 2 rings (SSSR count). The molecule has 2 aromatic rings. The van der Waals surface area contributed by atoms with Crippen molar-refractivity contribution in [1.29, 1.82) is 0 Å². The van der Waals surface area contributed by atoms with Gasteiger partial charge in [-0.2, -0.15) is 5.10 Å². The molecule has 118 valence electrons. The number of carbonyl (C=O) groups excluding carboxylic acids is 2. The molecule has 2 aromatic carbocycles. The van der Waals surface area contributed by atoms with Crippen LogP contribution in [0, 0.1) is 5.82 Å². The Morgan fingerprint density at radius 1 is 1.13 bits per heavy atom. The molecular weight excluding hydrogens is 301 g/mol. The van der Waals surface area contributed by atoms with Gasteiger partial charge in [0.25, 0.3) is 0 Å². The number of hydrogen-bond acceptors (Lipinski definition) is 4. The van der Waals surface area contributed by atoms with E-state index in [-0.39, 0.29) is 5.69 Å². The molecule has 6 nitrogen and oxygen atoms in total. The van der Waals surface area contributed by atoms with Crippen LogP contribution in [0.1, 0.15) is 5.56 Å². The summed E-state index contributed by atoms with van der Waals surface area (Å²) in [6.45, 7) is 0. The van der Waals surface area contributed by atoms with Crippen LogP contribution in [0.2, 0.25) is 0 Å². The third-order valence-corrected chi connectivity index (χ3v) is 2.76. The van der Waals surface area contributed by atoms with Gasteiger partial charge in [0.05, 0.1) is 13.3 Å². The van der Waals surface area contributed by atoms with Crippen LogP contribution in [0.5, 0.6) is 5.75 Å². The van der Waals surface area contributed by atoms with E-state index in [4.69, 9.17) is 4.74 Å². The van der Waals surface area contributed by atoms with Crippen molar-refractivity contribution in [3.05, 3.63) is 59.9 Å². The van der Waals surface area contributed by atoms with Gasteiger partial charge in [-0.15, -0.1) is 0 Å². The molecule has 2 N–H and O–H groups in total.